The highest BCUT2D eigenvalue weighted by molar-refractivity contribution is 8.19. The third-order valence-electron chi connectivity index (χ3n) is 4.62. The molecule has 1 saturated heterocycles. The van der Waals surface area contributed by atoms with Crippen molar-refractivity contribution in [1.29, 1.82) is 0 Å². The summed E-state index contributed by atoms with van der Waals surface area (Å²) in [5, 5.41) is 0.689. The summed E-state index contributed by atoms with van der Waals surface area (Å²) in [7, 11) is 1.68. The van der Waals surface area contributed by atoms with Gasteiger partial charge in [-0.1, -0.05) is 66.7 Å². The molecular formula is C25H22N2O2S. The van der Waals surface area contributed by atoms with Gasteiger partial charge in [0.05, 0.1) is 23.7 Å². The Morgan fingerprint density at radius 2 is 1.63 bits per heavy atom. The summed E-state index contributed by atoms with van der Waals surface area (Å²) in [6.07, 6.45) is 1.92. The summed E-state index contributed by atoms with van der Waals surface area (Å²) in [5.41, 5.74) is 3.96. The number of aliphatic imine (C=N–C) groups is 1. The zero-order chi connectivity index (χ0) is 20.8. The van der Waals surface area contributed by atoms with Crippen LogP contribution in [-0.2, 0) is 22.7 Å². The quantitative estimate of drug-likeness (QED) is 0.500. The van der Waals surface area contributed by atoms with Crippen molar-refractivity contribution in [1.82, 2.24) is 0 Å². The van der Waals surface area contributed by atoms with E-state index in [4.69, 9.17) is 9.73 Å². The van der Waals surface area contributed by atoms with Crippen LogP contribution in [-0.4, -0.2) is 18.2 Å². The topological polar surface area (TPSA) is 41.9 Å². The third kappa shape index (κ3) is 4.70. The van der Waals surface area contributed by atoms with Gasteiger partial charge in [-0.05, 0) is 52.7 Å². The molecule has 4 rings (SSSR count). The first-order valence-corrected chi connectivity index (χ1v) is 10.5. The van der Waals surface area contributed by atoms with E-state index >= 15 is 0 Å². The van der Waals surface area contributed by atoms with Crippen LogP contribution in [0.15, 0.2) is 94.8 Å². The average Bonchev–Trinajstić information content (AvgIpc) is 3.09. The molecule has 0 radical (unpaired) electrons. The van der Waals surface area contributed by atoms with E-state index in [0.717, 1.165) is 22.4 Å². The Balaban J connectivity index is 1.67. The fraction of sp³-hybridized carbons (Fsp3) is 0.120. The van der Waals surface area contributed by atoms with Gasteiger partial charge in [0, 0.05) is 7.11 Å². The molecule has 0 aromatic heterocycles. The SMILES string of the molecule is COCc1cccc(/C=C2\SC(=NCc3ccccc3)N(c3ccccc3)C2=O)c1. The van der Waals surface area contributed by atoms with Gasteiger partial charge in [-0.2, -0.15) is 0 Å². The molecule has 5 heteroatoms. The summed E-state index contributed by atoms with van der Waals surface area (Å²) in [6, 6.07) is 27.7. The number of hydrogen-bond donors (Lipinski definition) is 0. The predicted octanol–water partition coefficient (Wildman–Crippen LogP) is 5.51. The van der Waals surface area contributed by atoms with E-state index in [0.29, 0.717) is 23.2 Å². The van der Waals surface area contributed by atoms with E-state index in [2.05, 4.69) is 0 Å². The van der Waals surface area contributed by atoms with Crippen LogP contribution in [0.5, 0.6) is 0 Å². The van der Waals surface area contributed by atoms with E-state index in [9.17, 15) is 4.79 Å². The summed E-state index contributed by atoms with van der Waals surface area (Å²) in [5.74, 6) is -0.0600. The van der Waals surface area contributed by atoms with Gasteiger partial charge in [-0.3, -0.25) is 14.7 Å². The molecule has 1 amide bonds. The molecule has 3 aromatic carbocycles. The molecule has 1 aliphatic rings. The van der Waals surface area contributed by atoms with E-state index in [-0.39, 0.29) is 5.91 Å². The molecule has 0 saturated carbocycles. The smallest absolute Gasteiger partial charge is 0.271 e. The predicted molar refractivity (Wildman–Crippen MR) is 124 cm³/mol. The summed E-state index contributed by atoms with van der Waals surface area (Å²) in [6.45, 7) is 1.06. The highest BCUT2D eigenvalue weighted by atomic mass is 32.2. The molecular weight excluding hydrogens is 392 g/mol. The van der Waals surface area contributed by atoms with Crippen molar-refractivity contribution in [2.24, 2.45) is 4.99 Å². The first-order valence-electron chi connectivity index (χ1n) is 9.70. The van der Waals surface area contributed by atoms with Gasteiger partial charge in [-0.25, -0.2) is 0 Å². The highest BCUT2D eigenvalue weighted by Gasteiger charge is 2.34. The molecule has 1 fully saturated rings. The number of thioether (sulfide) groups is 1. The summed E-state index contributed by atoms with van der Waals surface area (Å²) >= 11 is 1.41. The number of carbonyl (C=O) groups is 1. The molecule has 0 atom stereocenters. The van der Waals surface area contributed by atoms with Gasteiger partial charge < -0.3 is 4.74 Å². The molecule has 4 nitrogen and oxygen atoms in total. The zero-order valence-electron chi connectivity index (χ0n) is 16.7. The fourth-order valence-corrected chi connectivity index (χ4v) is 4.20. The Hall–Kier alpha value is -3.15. The van der Waals surface area contributed by atoms with Crippen LogP contribution in [0.3, 0.4) is 0 Å². The molecule has 0 unspecified atom stereocenters. The second kappa shape index (κ2) is 9.57. The van der Waals surface area contributed by atoms with Gasteiger partial charge in [0.2, 0.25) is 0 Å². The van der Waals surface area contributed by atoms with Crippen LogP contribution in [0.1, 0.15) is 16.7 Å². The minimum Gasteiger partial charge on any atom is -0.380 e. The number of hydrogen-bond acceptors (Lipinski definition) is 4. The molecule has 0 aliphatic carbocycles. The van der Waals surface area contributed by atoms with Gasteiger partial charge in [0.1, 0.15) is 0 Å². The largest absolute Gasteiger partial charge is 0.380 e. The minimum absolute atomic E-state index is 0.0600. The maximum Gasteiger partial charge on any atom is 0.271 e. The van der Waals surface area contributed by atoms with Crippen molar-refractivity contribution in [3.05, 3.63) is 107 Å². The van der Waals surface area contributed by atoms with E-state index in [1.165, 1.54) is 11.8 Å². The standard InChI is InChI=1S/C25H22N2O2S/c1-29-18-21-12-8-11-20(15-21)16-23-24(28)27(22-13-6-3-7-14-22)25(30-23)26-17-19-9-4-2-5-10-19/h2-16H,17-18H2,1H3/b23-16-,26-25?. The molecule has 150 valence electrons. The number of methoxy groups -OCH3 is 1. The van der Waals surface area contributed by atoms with E-state index in [1.807, 2.05) is 91.0 Å². The summed E-state index contributed by atoms with van der Waals surface area (Å²) in [4.78, 5) is 20.4. The van der Waals surface area contributed by atoms with Crippen molar-refractivity contribution in [2.45, 2.75) is 13.2 Å². The van der Waals surface area contributed by atoms with Gasteiger partial charge in [0.25, 0.3) is 5.91 Å². The fourth-order valence-electron chi connectivity index (χ4n) is 3.22. The van der Waals surface area contributed by atoms with Crippen molar-refractivity contribution in [2.75, 3.05) is 12.0 Å². The van der Waals surface area contributed by atoms with Crippen molar-refractivity contribution in [3.63, 3.8) is 0 Å². The van der Waals surface area contributed by atoms with Crippen LogP contribution in [0.4, 0.5) is 5.69 Å². The highest BCUT2D eigenvalue weighted by Crippen LogP contribution is 2.36. The van der Waals surface area contributed by atoms with Gasteiger partial charge in [0.15, 0.2) is 5.17 Å². The monoisotopic (exact) mass is 414 g/mol. The lowest BCUT2D eigenvalue weighted by Gasteiger charge is -2.15. The number of rotatable bonds is 6. The Morgan fingerprint density at radius 3 is 2.37 bits per heavy atom. The Labute approximate surface area is 180 Å². The van der Waals surface area contributed by atoms with Crippen LogP contribution in [0.25, 0.3) is 6.08 Å². The van der Waals surface area contributed by atoms with Crippen LogP contribution >= 0.6 is 11.8 Å². The van der Waals surface area contributed by atoms with Crippen LogP contribution < -0.4 is 4.90 Å². The number of benzene rings is 3. The number of anilines is 1. The molecule has 1 aliphatic heterocycles. The number of amidine groups is 1. The molecule has 1 heterocycles. The maximum absolute atomic E-state index is 13.3. The Bertz CT molecular complexity index is 1080. The maximum atomic E-state index is 13.3. The third-order valence-corrected chi connectivity index (χ3v) is 5.63. The Morgan fingerprint density at radius 1 is 0.933 bits per heavy atom. The second-order valence-electron chi connectivity index (χ2n) is 6.85. The molecule has 30 heavy (non-hydrogen) atoms. The van der Waals surface area contributed by atoms with Crippen molar-refractivity contribution >= 4 is 34.6 Å². The molecule has 0 N–H and O–H groups in total. The normalized spacial score (nSPS) is 16.6. The van der Waals surface area contributed by atoms with E-state index in [1.54, 1.807) is 12.0 Å². The number of nitrogens with zero attached hydrogens (tertiary/aromatic N) is 2. The zero-order valence-corrected chi connectivity index (χ0v) is 17.5. The first kappa shape index (κ1) is 20.1. The lowest BCUT2D eigenvalue weighted by atomic mass is 10.1. The van der Waals surface area contributed by atoms with Gasteiger partial charge >= 0.3 is 0 Å². The average molecular weight is 415 g/mol. The summed E-state index contributed by atoms with van der Waals surface area (Å²) < 4.78 is 5.22. The van der Waals surface area contributed by atoms with Crippen LogP contribution in [0, 0.1) is 0 Å². The first-order chi connectivity index (χ1) is 14.7. The van der Waals surface area contributed by atoms with Crippen molar-refractivity contribution < 1.29 is 9.53 Å². The van der Waals surface area contributed by atoms with Crippen LogP contribution in [0.2, 0.25) is 0 Å². The number of ether oxygens (including phenoxy) is 1. The lowest BCUT2D eigenvalue weighted by Crippen LogP contribution is -2.28. The minimum atomic E-state index is -0.0600. The molecule has 0 bridgehead atoms. The van der Waals surface area contributed by atoms with E-state index < -0.39 is 0 Å². The number of para-hydroxylation sites is 1. The molecule has 3 aromatic rings. The van der Waals surface area contributed by atoms with Gasteiger partial charge in [-0.15, -0.1) is 0 Å². The number of carbonyl (C=O) groups excluding carboxylic acids is 1. The second-order valence-corrected chi connectivity index (χ2v) is 7.86. The lowest BCUT2D eigenvalue weighted by molar-refractivity contribution is -0.113. The van der Waals surface area contributed by atoms with Crippen molar-refractivity contribution in [3.8, 4) is 0 Å². The Kier molecular flexibility index (Phi) is 6.42. The molecule has 0 spiro atoms. The number of amides is 1.